The number of nitrogens with zero attached hydrogens (tertiary/aromatic N) is 2. The third-order valence-corrected chi connectivity index (χ3v) is 2.03. The number of amides is 1. The second kappa shape index (κ2) is 6.56. The van der Waals surface area contributed by atoms with E-state index in [1.54, 1.807) is 0 Å². The van der Waals surface area contributed by atoms with Gasteiger partial charge in [-0.3, -0.25) is 4.79 Å². The Morgan fingerprint density at radius 3 is 2.38 bits per heavy atom. The number of benzene rings is 1. The molecule has 0 fully saturated rings. The van der Waals surface area contributed by atoms with Gasteiger partial charge in [0, 0.05) is 5.69 Å². The number of oxime groups is 1. The molecule has 112 valence electrons. The van der Waals surface area contributed by atoms with E-state index in [0.717, 1.165) is 24.3 Å². The number of hydrogen-bond donors (Lipinski definition) is 2. The molecule has 0 aromatic heterocycles. The molecule has 0 spiro atoms. The summed E-state index contributed by atoms with van der Waals surface area (Å²) in [4.78, 5) is 11.3. The highest BCUT2D eigenvalue weighted by Crippen LogP contribution is 2.26. The van der Waals surface area contributed by atoms with Crippen molar-refractivity contribution in [2.45, 2.75) is 12.5 Å². The monoisotopic (exact) mass is 305 g/mol. The highest BCUT2D eigenvalue weighted by Gasteiger charge is 2.42. The predicted molar refractivity (Wildman–Crippen MR) is 61.5 cm³/mol. The summed E-state index contributed by atoms with van der Waals surface area (Å²) in [6.45, 7) is 0. The van der Waals surface area contributed by atoms with Gasteiger partial charge in [-0.15, -0.1) is 0 Å². The minimum Gasteiger partial charge on any atom is -0.452 e. The van der Waals surface area contributed by atoms with E-state index >= 15 is 0 Å². The van der Waals surface area contributed by atoms with Gasteiger partial charge in [0.25, 0.3) is 5.91 Å². The summed E-state index contributed by atoms with van der Waals surface area (Å²) >= 11 is 0. The van der Waals surface area contributed by atoms with Gasteiger partial charge in [0.1, 0.15) is 11.8 Å². The molecule has 2 N–H and O–H groups in total. The summed E-state index contributed by atoms with van der Waals surface area (Å²) in [6.07, 6.45) is -8.61. The summed E-state index contributed by atoms with van der Waals surface area (Å²) in [7, 11) is 0. The number of rotatable bonds is 4. The Labute approximate surface area is 115 Å². The lowest BCUT2D eigenvalue weighted by molar-refractivity contribution is -0.236. The van der Waals surface area contributed by atoms with Crippen molar-refractivity contribution in [3.8, 4) is 11.8 Å². The molecular weight excluding hydrogens is 298 g/mol. The van der Waals surface area contributed by atoms with Gasteiger partial charge >= 0.3 is 12.5 Å². The molecule has 1 unspecified atom stereocenters. The number of nitrogens with one attached hydrogen (secondary N) is 1. The van der Waals surface area contributed by atoms with Crippen molar-refractivity contribution < 1.29 is 32.3 Å². The van der Waals surface area contributed by atoms with E-state index in [2.05, 4.69) is 15.2 Å². The first-order chi connectivity index (χ1) is 9.77. The zero-order valence-corrected chi connectivity index (χ0v) is 10.1. The van der Waals surface area contributed by atoms with E-state index < -0.39 is 29.9 Å². The number of carbonyl (C=O) groups is 1. The summed E-state index contributed by atoms with van der Waals surface area (Å²) < 4.78 is 52.4. The molecule has 0 aliphatic rings. The fourth-order valence-electron chi connectivity index (χ4n) is 1.11. The molecule has 0 saturated carbocycles. The van der Waals surface area contributed by atoms with Crippen LogP contribution in [0.25, 0.3) is 0 Å². The first-order valence-corrected chi connectivity index (χ1v) is 5.19. The molecule has 0 aliphatic heterocycles. The van der Waals surface area contributed by atoms with Gasteiger partial charge in [0.2, 0.25) is 5.71 Å². The minimum absolute atomic E-state index is 0.0752. The molecule has 1 aromatic rings. The second-order valence-electron chi connectivity index (χ2n) is 3.51. The first-order valence-electron chi connectivity index (χ1n) is 5.19. The minimum atomic E-state index is -5.15. The van der Waals surface area contributed by atoms with E-state index in [9.17, 15) is 22.4 Å². The van der Waals surface area contributed by atoms with Gasteiger partial charge in [-0.1, -0.05) is 5.16 Å². The molecule has 21 heavy (non-hydrogen) atoms. The van der Waals surface area contributed by atoms with Gasteiger partial charge in [0.05, 0.1) is 0 Å². The Hall–Kier alpha value is -2.83. The van der Waals surface area contributed by atoms with Crippen LogP contribution in [0, 0.1) is 11.3 Å². The van der Waals surface area contributed by atoms with Crippen LogP contribution < -0.4 is 10.1 Å². The standard InChI is InChI=1S/C11H7F4N3O3/c12-10(11(13,14)15)21-7-3-1-6(2-4-7)17-9(19)8(5-16)18-20/h1-4,10,20H,(H,17,19). The second-order valence-corrected chi connectivity index (χ2v) is 3.51. The quantitative estimate of drug-likeness (QED) is 0.386. The van der Waals surface area contributed by atoms with Crippen LogP contribution in [0.1, 0.15) is 0 Å². The van der Waals surface area contributed by atoms with E-state index in [1.165, 1.54) is 6.07 Å². The Kier molecular flexibility index (Phi) is 5.06. The van der Waals surface area contributed by atoms with Gasteiger partial charge < -0.3 is 15.3 Å². The molecule has 0 bridgehead atoms. The molecule has 1 atom stereocenters. The SMILES string of the molecule is N#CC(=NO)C(=O)Nc1ccc(OC(F)C(F)(F)F)cc1. The molecule has 1 aromatic carbocycles. The van der Waals surface area contributed by atoms with E-state index in [1.807, 2.05) is 0 Å². The average Bonchev–Trinajstić information content (AvgIpc) is 2.41. The van der Waals surface area contributed by atoms with Crippen molar-refractivity contribution in [1.82, 2.24) is 0 Å². The van der Waals surface area contributed by atoms with Crippen LogP contribution in [0.4, 0.5) is 23.2 Å². The average molecular weight is 305 g/mol. The van der Waals surface area contributed by atoms with Crippen LogP contribution >= 0.6 is 0 Å². The van der Waals surface area contributed by atoms with Crippen LogP contribution in [0.5, 0.6) is 5.75 Å². The molecule has 6 nitrogen and oxygen atoms in total. The number of nitriles is 1. The summed E-state index contributed by atoms with van der Waals surface area (Å²) in [5.74, 6) is -1.43. The summed E-state index contributed by atoms with van der Waals surface area (Å²) in [5.41, 5.74) is -0.734. The largest absolute Gasteiger partial charge is 0.457 e. The third kappa shape index (κ3) is 4.64. The lowest BCUT2D eigenvalue weighted by Gasteiger charge is -2.14. The molecular formula is C11H7F4N3O3. The van der Waals surface area contributed by atoms with Gasteiger partial charge in [-0.25, -0.2) is 0 Å². The molecule has 10 heteroatoms. The third-order valence-electron chi connectivity index (χ3n) is 2.03. The van der Waals surface area contributed by atoms with Crippen LogP contribution in [-0.4, -0.2) is 29.4 Å². The Morgan fingerprint density at radius 2 is 1.95 bits per heavy atom. The maximum Gasteiger partial charge on any atom is 0.457 e. The van der Waals surface area contributed by atoms with Crippen molar-refractivity contribution in [2.75, 3.05) is 5.32 Å². The fraction of sp³-hybridized carbons (Fsp3) is 0.182. The van der Waals surface area contributed by atoms with E-state index in [0.29, 0.717) is 0 Å². The Morgan fingerprint density at radius 1 is 1.38 bits per heavy atom. The van der Waals surface area contributed by atoms with Crippen molar-refractivity contribution in [3.05, 3.63) is 24.3 Å². The van der Waals surface area contributed by atoms with Crippen molar-refractivity contribution in [2.24, 2.45) is 5.16 Å². The number of alkyl halides is 4. The maximum absolute atomic E-state index is 12.6. The zero-order valence-electron chi connectivity index (χ0n) is 10.1. The normalized spacial score (nSPS) is 13.2. The van der Waals surface area contributed by atoms with E-state index in [4.69, 9.17) is 10.5 Å². The molecule has 0 radical (unpaired) electrons. The predicted octanol–water partition coefficient (Wildman–Crippen LogP) is 2.22. The zero-order chi connectivity index (χ0) is 16.0. The maximum atomic E-state index is 12.6. The Balaban J connectivity index is 2.71. The lowest BCUT2D eigenvalue weighted by atomic mass is 10.3. The number of hydrogen-bond acceptors (Lipinski definition) is 5. The number of anilines is 1. The van der Waals surface area contributed by atoms with Gasteiger partial charge in [0.15, 0.2) is 0 Å². The molecule has 0 heterocycles. The first kappa shape index (κ1) is 16.2. The van der Waals surface area contributed by atoms with Crippen LogP contribution in [0.2, 0.25) is 0 Å². The van der Waals surface area contributed by atoms with Crippen molar-refractivity contribution in [3.63, 3.8) is 0 Å². The van der Waals surface area contributed by atoms with Gasteiger partial charge in [-0.2, -0.15) is 22.8 Å². The number of ether oxygens (including phenoxy) is 1. The van der Waals surface area contributed by atoms with Gasteiger partial charge in [-0.05, 0) is 24.3 Å². The topological polar surface area (TPSA) is 94.7 Å². The highest BCUT2D eigenvalue weighted by atomic mass is 19.4. The van der Waals surface area contributed by atoms with E-state index in [-0.39, 0.29) is 5.69 Å². The lowest BCUT2D eigenvalue weighted by Crippen LogP contribution is -2.29. The van der Waals surface area contributed by atoms with Crippen LogP contribution in [0.15, 0.2) is 29.4 Å². The van der Waals surface area contributed by atoms with Crippen molar-refractivity contribution >= 4 is 17.3 Å². The molecule has 1 amide bonds. The molecule has 0 saturated heterocycles. The fourth-order valence-corrected chi connectivity index (χ4v) is 1.11. The van der Waals surface area contributed by atoms with Crippen LogP contribution in [-0.2, 0) is 4.79 Å². The van der Waals surface area contributed by atoms with Crippen molar-refractivity contribution in [1.29, 1.82) is 5.26 Å². The molecule has 0 aliphatic carbocycles. The summed E-state index contributed by atoms with van der Waals surface area (Å²) in [5, 5.41) is 21.3. The number of carbonyl (C=O) groups excluding carboxylic acids is 1. The molecule has 1 rings (SSSR count). The summed E-state index contributed by atoms with van der Waals surface area (Å²) in [6, 6.07) is 5.51. The number of halogens is 4. The smallest absolute Gasteiger partial charge is 0.452 e. The Bertz CT molecular complexity index is 578. The van der Waals surface area contributed by atoms with Crippen LogP contribution in [0.3, 0.4) is 0 Å². The highest BCUT2D eigenvalue weighted by molar-refractivity contribution is 6.48.